The van der Waals surface area contributed by atoms with E-state index < -0.39 is 0 Å². The molecule has 0 bridgehead atoms. The smallest absolute Gasteiger partial charge is 0.259 e. The minimum absolute atomic E-state index is 0.0158. The average Bonchev–Trinajstić information content (AvgIpc) is 3.10. The van der Waals surface area contributed by atoms with Crippen molar-refractivity contribution < 1.29 is 19.1 Å². The lowest BCUT2D eigenvalue weighted by Gasteiger charge is -2.22. The first-order valence-electron chi connectivity index (χ1n) is 8.84. The van der Waals surface area contributed by atoms with Crippen molar-refractivity contribution in [1.29, 1.82) is 0 Å². The van der Waals surface area contributed by atoms with E-state index in [0.29, 0.717) is 12.2 Å². The first-order valence-corrected chi connectivity index (χ1v) is 8.84. The van der Waals surface area contributed by atoms with Gasteiger partial charge >= 0.3 is 0 Å². The Kier molecular flexibility index (Phi) is 7.25. The number of likely N-dealkylation sites (N-methyl/N-ethyl adjacent to an activating group) is 1. The maximum Gasteiger partial charge on any atom is 0.259 e. The minimum Gasteiger partial charge on any atom is -0.483 e. The number of carbonyl (C=O) groups excluding carboxylic acids is 2. The number of hydrogen-bond donors (Lipinski definition) is 1. The molecular formula is C19H28N2O4. The fourth-order valence-electron chi connectivity index (χ4n) is 2.83. The normalized spacial score (nSPS) is 17.8. The average molecular weight is 348 g/mol. The van der Waals surface area contributed by atoms with Gasteiger partial charge in [-0.2, -0.15) is 0 Å². The van der Waals surface area contributed by atoms with Gasteiger partial charge in [0.05, 0.1) is 18.6 Å². The molecule has 1 aromatic carbocycles. The van der Waals surface area contributed by atoms with Crippen molar-refractivity contribution in [3.8, 4) is 5.75 Å². The van der Waals surface area contributed by atoms with Crippen molar-refractivity contribution in [3.63, 3.8) is 0 Å². The number of ether oxygens (including phenoxy) is 2. The number of benzene rings is 1. The number of rotatable bonds is 8. The maximum atomic E-state index is 12.3. The number of para-hydroxylation sites is 1. The lowest BCUT2D eigenvalue weighted by atomic mass is 10.0. The molecule has 1 aliphatic rings. The second kappa shape index (κ2) is 9.42. The Morgan fingerprint density at radius 3 is 2.76 bits per heavy atom. The number of nitrogens with one attached hydrogen (secondary N) is 1. The molecule has 6 nitrogen and oxygen atoms in total. The van der Waals surface area contributed by atoms with Crippen LogP contribution in [-0.2, 0) is 14.3 Å². The zero-order chi connectivity index (χ0) is 18.2. The zero-order valence-corrected chi connectivity index (χ0v) is 15.3. The number of hydrogen-bond acceptors (Lipinski definition) is 4. The molecule has 1 heterocycles. The summed E-state index contributed by atoms with van der Waals surface area (Å²) >= 11 is 0. The second-order valence-electron chi connectivity index (χ2n) is 6.48. The molecule has 6 heteroatoms. The quantitative estimate of drug-likeness (QED) is 0.783. The minimum atomic E-state index is -0.153. The molecule has 2 atom stereocenters. The molecule has 1 aromatic rings. The number of amides is 2. The van der Waals surface area contributed by atoms with Crippen LogP contribution in [0.5, 0.6) is 5.75 Å². The van der Waals surface area contributed by atoms with Crippen molar-refractivity contribution in [2.45, 2.75) is 44.8 Å². The molecule has 0 radical (unpaired) electrons. The molecule has 0 saturated carbocycles. The van der Waals surface area contributed by atoms with Crippen molar-refractivity contribution in [3.05, 3.63) is 29.8 Å². The van der Waals surface area contributed by atoms with Crippen molar-refractivity contribution in [2.24, 2.45) is 0 Å². The van der Waals surface area contributed by atoms with E-state index >= 15 is 0 Å². The summed E-state index contributed by atoms with van der Waals surface area (Å²) in [6, 6.07) is 7.37. The van der Waals surface area contributed by atoms with Crippen LogP contribution in [0.2, 0.25) is 0 Å². The van der Waals surface area contributed by atoms with Crippen LogP contribution in [0.3, 0.4) is 0 Å². The van der Waals surface area contributed by atoms with Crippen molar-refractivity contribution in [2.75, 3.05) is 27.3 Å². The molecule has 1 fully saturated rings. The molecule has 1 N–H and O–H groups in total. The van der Waals surface area contributed by atoms with E-state index in [0.717, 1.165) is 31.4 Å². The summed E-state index contributed by atoms with van der Waals surface area (Å²) in [6.07, 6.45) is 3.11. The van der Waals surface area contributed by atoms with Gasteiger partial charge in [0.1, 0.15) is 5.75 Å². The van der Waals surface area contributed by atoms with Gasteiger partial charge in [-0.05, 0) is 25.3 Å². The number of nitrogens with zero attached hydrogens (tertiary/aromatic N) is 1. The summed E-state index contributed by atoms with van der Waals surface area (Å²) in [4.78, 5) is 25.6. The molecule has 0 spiro atoms. The number of carbonyl (C=O) groups is 2. The Labute approximate surface area is 149 Å². The lowest BCUT2D eigenvalue weighted by Crippen LogP contribution is -2.31. The van der Waals surface area contributed by atoms with Crippen LogP contribution in [0.1, 0.15) is 44.2 Å². The highest BCUT2D eigenvalue weighted by Crippen LogP contribution is 2.27. The van der Waals surface area contributed by atoms with Crippen LogP contribution < -0.4 is 10.1 Å². The molecule has 25 heavy (non-hydrogen) atoms. The molecule has 1 saturated heterocycles. The summed E-state index contributed by atoms with van der Waals surface area (Å²) in [5, 5.41) is 3.07. The van der Waals surface area contributed by atoms with Gasteiger partial charge in [-0.25, -0.2) is 0 Å². The Hall–Kier alpha value is -2.08. The Morgan fingerprint density at radius 2 is 2.12 bits per heavy atom. The van der Waals surface area contributed by atoms with E-state index in [1.165, 1.54) is 4.90 Å². The van der Waals surface area contributed by atoms with Crippen molar-refractivity contribution >= 4 is 11.8 Å². The van der Waals surface area contributed by atoms with Crippen LogP contribution >= 0.6 is 0 Å². The van der Waals surface area contributed by atoms with Gasteiger partial charge in [-0.1, -0.05) is 25.1 Å². The molecule has 0 aromatic heterocycles. The summed E-state index contributed by atoms with van der Waals surface area (Å²) in [5.41, 5.74) is 0.886. The van der Waals surface area contributed by atoms with Gasteiger partial charge in [-0.15, -0.1) is 0 Å². The molecule has 138 valence electrons. The third-order valence-electron chi connectivity index (χ3n) is 4.32. The van der Waals surface area contributed by atoms with E-state index in [2.05, 4.69) is 5.32 Å². The highest BCUT2D eigenvalue weighted by molar-refractivity contribution is 5.78. The predicted octanol–water partition coefficient (Wildman–Crippen LogP) is 2.29. The maximum absolute atomic E-state index is 12.3. The summed E-state index contributed by atoms with van der Waals surface area (Å²) in [7, 11) is 3.38. The van der Waals surface area contributed by atoms with Crippen LogP contribution in [0.4, 0.5) is 0 Å². The van der Waals surface area contributed by atoms with Crippen molar-refractivity contribution in [1.82, 2.24) is 10.2 Å². The van der Waals surface area contributed by atoms with Gasteiger partial charge in [-0.3, -0.25) is 9.59 Å². The van der Waals surface area contributed by atoms with E-state index in [4.69, 9.17) is 9.47 Å². The highest BCUT2D eigenvalue weighted by atomic mass is 16.5. The lowest BCUT2D eigenvalue weighted by molar-refractivity contribution is -0.131. The molecule has 2 amide bonds. The van der Waals surface area contributed by atoms with Crippen LogP contribution in [0.25, 0.3) is 0 Å². The standard InChI is InChI=1S/C19H28N2O4/c1-4-16(20-18(22)12-14-8-7-11-24-14)15-9-5-6-10-17(15)25-13-19(23)21(2)3/h5-6,9-10,14,16H,4,7-8,11-13H2,1-3H3,(H,20,22)/t14-,16-/m1/s1. The Bertz CT molecular complexity index is 583. The molecular weight excluding hydrogens is 320 g/mol. The predicted molar refractivity (Wildman–Crippen MR) is 95.4 cm³/mol. The summed E-state index contributed by atoms with van der Waals surface area (Å²) < 4.78 is 11.2. The van der Waals surface area contributed by atoms with Crippen LogP contribution in [0.15, 0.2) is 24.3 Å². The van der Waals surface area contributed by atoms with E-state index in [1.54, 1.807) is 14.1 Å². The molecule has 0 unspecified atom stereocenters. The monoisotopic (exact) mass is 348 g/mol. The van der Waals surface area contributed by atoms with Crippen LogP contribution in [-0.4, -0.2) is 50.1 Å². The second-order valence-corrected chi connectivity index (χ2v) is 6.48. The van der Waals surface area contributed by atoms with E-state index in [9.17, 15) is 9.59 Å². The van der Waals surface area contributed by atoms with Crippen LogP contribution in [0, 0.1) is 0 Å². The highest BCUT2D eigenvalue weighted by Gasteiger charge is 2.22. The Balaban J connectivity index is 2.01. The Morgan fingerprint density at radius 1 is 1.36 bits per heavy atom. The molecule has 0 aliphatic carbocycles. The first-order chi connectivity index (χ1) is 12.0. The fourth-order valence-corrected chi connectivity index (χ4v) is 2.83. The van der Waals surface area contributed by atoms with E-state index in [1.807, 2.05) is 31.2 Å². The van der Waals surface area contributed by atoms with Gasteiger partial charge in [0.2, 0.25) is 5.91 Å². The SMILES string of the molecule is CC[C@@H](NC(=O)C[C@H]1CCCO1)c1ccccc1OCC(=O)N(C)C. The molecule has 2 rings (SSSR count). The largest absolute Gasteiger partial charge is 0.483 e. The molecule has 1 aliphatic heterocycles. The van der Waals surface area contributed by atoms with E-state index in [-0.39, 0.29) is 30.6 Å². The summed E-state index contributed by atoms with van der Waals surface area (Å²) in [6.45, 7) is 2.73. The zero-order valence-electron chi connectivity index (χ0n) is 15.3. The van der Waals surface area contributed by atoms with Gasteiger partial charge in [0.25, 0.3) is 5.91 Å². The fraction of sp³-hybridized carbons (Fsp3) is 0.579. The first kappa shape index (κ1) is 19.2. The van der Waals surface area contributed by atoms with Gasteiger partial charge in [0, 0.05) is 26.3 Å². The topological polar surface area (TPSA) is 67.9 Å². The summed E-state index contributed by atoms with van der Waals surface area (Å²) in [5.74, 6) is 0.505. The van der Waals surface area contributed by atoms with Gasteiger partial charge in [0.15, 0.2) is 6.61 Å². The van der Waals surface area contributed by atoms with Gasteiger partial charge < -0.3 is 19.7 Å². The third kappa shape index (κ3) is 5.74. The third-order valence-corrected chi connectivity index (χ3v) is 4.32.